The molecule has 1 fully saturated rings. The number of hydrogen-bond acceptors (Lipinski definition) is 3. The zero-order valence-corrected chi connectivity index (χ0v) is 12.3. The van der Waals surface area contributed by atoms with Crippen molar-refractivity contribution in [3.8, 4) is 5.75 Å². The van der Waals surface area contributed by atoms with Gasteiger partial charge in [-0.05, 0) is 31.0 Å². The average Bonchev–Trinajstić information content (AvgIpc) is 3.32. The summed E-state index contributed by atoms with van der Waals surface area (Å²) >= 11 is 0. The Balaban J connectivity index is 1.86. The quantitative estimate of drug-likeness (QED) is 0.924. The van der Waals surface area contributed by atoms with Gasteiger partial charge >= 0.3 is 0 Å². The number of rotatable bonds is 2. The maximum Gasteiger partial charge on any atom is 0.230 e. The smallest absolute Gasteiger partial charge is 0.230 e. The number of amides is 1. The third kappa shape index (κ3) is 1.78. The number of ether oxygens (including phenoxy) is 1. The fourth-order valence-corrected chi connectivity index (χ4v) is 2.98. The Morgan fingerprint density at radius 2 is 2.18 bits per heavy atom. The first-order valence-electron chi connectivity index (χ1n) is 7.33. The predicted octanol–water partition coefficient (Wildman–Crippen LogP) is 2.26. The highest BCUT2D eigenvalue weighted by molar-refractivity contribution is 5.93. The Labute approximate surface area is 127 Å². The zero-order chi connectivity index (χ0) is 15.4. The van der Waals surface area contributed by atoms with Crippen LogP contribution in [0.15, 0.2) is 29.6 Å². The standard InChI is InChI=1S/C17H16N2O3/c1-9-15-13(8-19(9)17(21)10-3-4-10)16(20)12-7-11(22-2)5-6-14(12)18-15/h5-7,10H,1,3-4,8H2,2H3,(H,18,20). The van der Waals surface area contributed by atoms with Crippen LogP contribution >= 0.6 is 0 Å². The first-order valence-corrected chi connectivity index (χ1v) is 7.33. The number of aromatic amines is 1. The van der Waals surface area contributed by atoms with Gasteiger partial charge < -0.3 is 14.6 Å². The van der Waals surface area contributed by atoms with Gasteiger partial charge in [-0.15, -0.1) is 0 Å². The molecule has 112 valence electrons. The molecule has 1 N–H and O–H groups in total. The van der Waals surface area contributed by atoms with Gasteiger partial charge in [0.05, 0.1) is 30.6 Å². The summed E-state index contributed by atoms with van der Waals surface area (Å²) in [5.74, 6) is 0.826. The van der Waals surface area contributed by atoms with E-state index in [-0.39, 0.29) is 17.3 Å². The molecule has 22 heavy (non-hydrogen) atoms. The van der Waals surface area contributed by atoms with Gasteiger partial charge in [-0.3, -0.25) is 9.59 Å². The highest BCUT2D eigenvalue weighted by atomic mass is 16.5. The van der Waals surface area contributed by atoms with Gasteiger partial charge in [-0.2, -0.15) is 0 Å². The Morgan fingerprint density at radius 1 is 1.41 bits per heavy atom. The van der Waals surface area contributed by atoms with Crippen molar-refractivity contribution in [3.05, 3.63) is 46.3 Å². The van der Waals surface area contributed by atoms with Crippen molar-refractivity contribution >= 4 is 22.5 Å². The van der Waals surface area contributed by atoms with Crippen LogP contribution in [0, 0.1) is 5.92 Å². The van der Waals surface area contributed by atoms with Gasteiger partial charge in [0, 0.05) is 16.9 Å². The van der Waals surface area contributed by atoms with Crippen LogP contribution in [-0.2, 0) is 11.3 Å². The lowest BCUT2D eigenvalue weighted by molar-refractivity contribution is -0.129. The molecule has 1 saturated carbocycles. The molecular formula is C17H16N2O3. The molecule has 2 aliphatic rings. The second-order valence-electron chi connectivity index (χ2n) is 5.86. The van der Waals surface area contributed by atoms with Crippen molar-refractivity contribution in [3.63, 3.8) is 0 Å². The molecule has 5 nitrogen and oxygen atoms in total. The summed E-state index contributed by atoms with van der Waals surface area (Å²) in [6, 6.07) is 5.34. The molecule has 1 aromatic heterocycles. The summed E-state index contributed by atoms with van der Waals surface area (Å²) in [5.41, 5.74) is 2.56. The average molecular weight is 296 g/mol. The summed E-state index contributed by atoms with van der Waals surface area (Å²) in [6.45, 7) is 4.31. The van der Waals surface area contributed by atoms with Crippen LogP contribution in [0.25, 0.3) is 16.6 Å². The summed E-state index contributed by atoms with van der Waals surface area (Å²) < 4.78 is 5.18. The van der Waals surface area contributed by atoms with Crippen LogP contribution in [0.4, 0.5) is 0 Å². The number of carbonyl (C=O) groups excluding carboxylic acids is 1. The largest absolute Gasteiger partial charge is 0.497 e. The van der Waals surface area contributed by atoms with Gasteiger partial charge in [0.25, 0.3) is 0 Å². The topological polar surface area (TPSA) is 62.4 Å². The molecule has 4 rings (SSSR count). The fourth-order valence-electron chi connectivity index (χ4n) is 2.98. The highest BCUT2D eigenvalue weighted by Crippen LogP contribution is 2.37. The van der Waals surface area contributed by atoms with Crippen molar-refractivity contribution in [2.45, 2.75) is 19.4 Å². The number of hydrogen-bond donors (Lipinski definition) is 1. The number of benzene rings is 1. The third-order valence-electron chi connectivity index (χ3n) is 4.43. The van der Waals surface area contributed by atoms with E-state index in [9.17, 15) is 9.59 Å². The van der Waals surface area contributed by atoms with Crippen molar-refractivity contribution in [2.24, 2.45) is 5.92 Å². The van der Waals surface area contributed by atoms with Crippen LogP contribution in [0.3, 0.4) is 0 Å². The maximum atomic E-state index is 12.7. The molecule has 0 atom stereocenters. The highest BCUT2D eigenvalue weighted by Gasteiger charge is 2.38. The lowest BCUT2D eigenvalue weighted by Crippen LogP contribution is -2.26. The van der Waals surface area contributed by atoms with E-state index in [2.05, 4.69) is 11.6 Å². The van der Waals surface area contributed by atoms with Crippen molar-refractivity contribution in [1.29, 1.82) is 0 Å². The minimum absolute atomic E-state index is 0.0603. The molecule has 0 saturated heterocycles. The van der Waals surface area contributed by atoms with Crippen LogP contribution in [0.2, 0.25) is 0 Å². The molecule has 0 unspecified atom stereocenters. The normalized spacial score (nSPS) is 17.0. The summed E-state index contributed by atoms with van der Waals surface area (Å²) in [4.78, 5) is 29.9. The zero-order valence-electron chi connectivity index (χ0n) is 12.3. The molecule has 1 amide bonds. The molecule has 5 heteroatoms. The summed E-state index contributed by atoms with van der Waals surface area (Å²) in [6.07, 6.45) is 1.87. The molecular weight excluding hydrogens is 280 g/mol. The predicted molar refractivity (Wildman–Crippen MR) is 83.4 cm³/mol. The van der Waals surface area contributed by atoms with Crippen molar-refractivity contribution in [2.75, 3.05) is 7.11 Å². The van der Waals surface area contributed by atoms with Gasteiger partial charge in [0.15, 0.2) is 5.43 Å². The monoisotopic (exact) mass is 296 g/mol. The van der Waals surface area contributed by atoms with E-state index in [1.165, 1.54) is 0 Å². The Morgan fingerprint density at radius 3 is 2.86 bits per heavy atom. The second kappa shape index (κ2) is 4.47. The number of pyridine rings is 1. The number of fused-ring (bicyclic) bond motifs is 2. The first-order chi connectivity index (χ1) is 10.6. The molecule has 0 bridgehead atoms. The Bertz CT molecular complexity index is 877. The number of nitrogens with one attached hydrogen (secondary N) is 1. The number of carbonyl (C=O) groups is 1. The van der Waals surface area contributed by atoms with E-state index in [1.54, 1.807) is 24.1 Å². The van der Waals surface area contributed by atoms with Crippen LogP contribution in [0.1, 0.15) is 24.1 Å². The van der Waals surface area contributed by atoms with Crippen LogP contribution in [0.5, 0.6) is 5.75 Å². The number of H-pyrrole nitrogens is 1. The number of nitrogens with zero attached hydrogens (tertiary/aromatic N) is 1. The lowest BCUT2D eigenvalue weighted by Gasteiger charge is -2.16. The van der Waals surface area contributed by atoms with Crippen molar-refractivity contribution in [1.82, 2.24) is 9.88 Å². The Kier molecular flexibility index (Phi) is 2.66. The first kappa shape index (κ1) is 13.1. The summed E-state index contributed by atoms with van der Waals surface area (Å²) in [7, 11) is 1.57. The fraction of sp³-hybridized carbons (Fsp3) is 0.294. The molecule has 1 aliphatic heterocycles. The third-order valence-corrected chi connectivity index (χ3v) is 4.43. The van der Waals surface area contributed by atoms with E-state index in [0.29, 0.717) is 34.6 Å². The van der Waals surface area contributed by atoms with E-state index in [0.717, 1.165) is 18.4 Å². The maximum absolute atomic E-state index is 12.7. The lowest BCUT2D eigenvalue weighted by atomic mass is 10.1. The van der Waals surface area contributed by atoms with Crippen LogP contribution in [-0.4, -0.2) is 22.9 Å². The minimum atomic E-state index is -0.0603. The van der Waals surface area contributed by atoms with E-state index in [1.807, 2.05) is 6.07 Å². The number of methoxy groups -OCH3 is 1. The van der Waals surface area contributed by atoms with E-state index in [4.69, 9.17) is 4.74 Å². The minimum Gasteiger partial charge on any atom is -0.497 e. The van der Waals surface area contributed by atoms with Crippen LogP contribution < -0.4 is 10.2 Å². The molecule has 1 aliphatic carbocycles. The van der Waals surface area contributed by atoms with Gasteiger partial charge in [-0.25, -0.2) is 0 Å². The molecule has 0 radical (unpaired) electrons. The molecule has 2 heterocycles. The van der Waals surface area contributed by atoms with Gasteiger partial charge in [-0.1, -0.05) is 6.58 Å². The Hall–Kier alpha value is -2.56. The number of aromatic nitrogens is 1. The molecule has 1 aromatic carbocycles. The molecule has 0 spiro atoms. The second-order valence-corrected chi connectivity index (χ2v) is 5.86. The van der Waals surface area contributed by atoms with E-state index >= 15 is 0 Å². The van der Waals surface area contributed by atoms with Crippen molar-refractivity contribution < 1.29 is 9.53 Å². The summed E-state index contributed by atoms with van der Waals surface area (Å²) in [5, 5.41) is 0.576. The van der Waals surface area contributed by atoms with Gasteiger partial charge in [0.1, 0.15) is 5.75 Å². The van der Waals surface area contributed by atoms with Gasteiger partial charge in [0.2, 0.25) is 5.91 Å². The SMILES string of the molecule is C=C1c2[nH]c3ccc(OC)cc3c(=O)c2CN1C(=O)C1CC1. The molecule has 2 aromatic rings. The van der Waals surface area contributed by atoms with E-state index < -0.39 is 0 Å².